The van der Waals surface area contributed by atoms with Gasteiger partial charge in [0.05, 0.1) is 0 Å². The van der Waals surface area contributed by atoms with Gasteiger partial charge >= 0.3 is 0 Å². The van der Waals surface area contributed by atoms with Gasteiger partial charge in [-0.3, -0.25) is 4.90 Å². The standard InChI is InChI=1S/C18H35N/c1-3-5-7-12-16-19(17-13-8-6-4-2)18-14-10-9-11-15-18/h10,14,18H,3-9,11-13,15-17H2,1-2H3/t18-/m1/s1. The minimum atomic E-state index is 0.747. The van der Waals surface area contributed by atoms with Crippen LogP contribution in [0.2, 0.25) is 0 Å². The molecule has 0 bridgehead atoms. The molecular formula is C18H35N. The summed E-state index contributed by atoms with van der Waals surface area (Å²) < 4.78 is 0. The molecule has 0 aromatic heterocycles. The van der Waals surface area contributed by atoms with Crippen molar-refractivity contribution in [2.75, 3.05) is 13.1 Å². The maximum Gasteiger partial charge on any atom is 0.0278 e. The average molecular weight is 265 g/mol. The summed E-state index contributed by atoms with van der Waals surface area (Å²) in [5.41, 5.74) is 0. The Morgan fingerprint density at radius 3 is 2.00 bits per heavy atom. The highest BCUT2D eigenvalue weighted by atomic mass is 15.1. The predicted octanol–water partition coefficient (Wildman–Crippen LogP) is 5.56. The van der Waals surface area contributed by atoms with Crippen molar-refractivity contribution in [3.63, 3.8) is 0 Å². The molecule has 0 N–H and O–H groups in total. The quantitative estimate of drug-likeness (QED) is 0.349. The molecule has 1 heteroatoms. The molecule has 0 aromatic carbocycles. The number of hydrogen-bond acceptors (Lipinski definition) is 1. The fourth-order valence-corrected chi connectivity index (χ4v) is 3.03. The van der Waals surface area contributed by atoms with Crippen LogP contribution in [0, 0.1) is 0 Å². The first-order valence-corrected chi connectivity index (χ1v) is 8.79. The van der Waals surface area contributed by atoms with Crippen LogP contribution in [0.15, 0.2) is 12.2 Å². The van der Waals surface area contributed by atoms with Crippen LogP contribution in [0.1, 0.15) is 84.5 Å². The van der Waals surface area contributed by atoms with Crippen LogP contribution in [0.5, 0.6) is 0 Å². The van der Waals surface area contributed by atoms with Crippen molar-refractivity contribution in [2.24, 2.45) is 0 Å². The van der Waals surface area contributed by atoms with Gasteiger partial charge in [0.1, 0.15) is 0 Å². The SMILES string of the molecule is CCCCCCN(CCCCCC)[C@@H]1C=CCCC1. The number of allylic oxidation sites excluding steroid dienone is 1. The Morgan fingerprint density at radius 1 is 0.895 bits per heavy atom. The number of hydrogen-bond donors (Lipinski definition) is 0. The van der Waals surface area contributed by atoms with Crippen molar-refractivity contribution in [2.45, 2.75) is 90.5 Å². The molecule has 0 heterocycles. The second-order valence-corrected chi connectivity index (χ2v) is 6.08. The summed E-state index contributed by atoms with van der Waals surface area (Å²) in [6.45, 7) is 7.24. The molecule has 0 saturated heterocycles. The number of nitrogens with zero attached hydrogens (tertiary/aromatic N) is 1. The zero-order chi connectivity index (χ0) is 13.8. The van der Waals surface area contributed by atoms with E-state index in [9.17, 15) is 0 Å². The lowest BCUT2D eigenvalue weighted by atomic mass is 10.0. The number of unbranched alkanes of at least 4 members (excludes halogenated alkanes) is 6. The maximum atomic E-state index is 2.76. The highest BCUT2D eigenvalue weighted by Crippen LogP contribution is 2.18. The van der Waals surface area contributed by atoms with Crippen molar-refractivity contribution in [3.8, 4) is 0 Å². The van der Waals surface area contributed by atoms with Gasteiger partial charge in [-0.15, -0.1) is 0 Å². The van der Waals surface area contributed by atoms with E-state index in [0.29, 0.717) is 0 Å². The number of rotatable bonds is 11. The Kier molecular flexibility index (Phi) is 10.2. The first-order chi connectivity index (χ1) is 9.38. The van der Waals surface area contributed by atoms with Crippen molar-refractivity contribution in [1.29, 1.82) is 0 Å². The van der Waals surface area contributed by atoms with Crippen LogP contribution < -0.4 is 0 Å². The molecule has 1 nitrogen and oxygen atoms in total. The monoisotopic (exact) mass is 265 g/mol. The van der Waals surface area contributed by atoms with E-state index < -0.39 is 0 Å². The summed E-state index contributed by atoms with van der Waals surface area (Å²) in [6, 6.07) is 0.747. The largest absolute Gasteiger partial charge is 0.297 e. The van der Waals surface area contributed by atoms with Gasteiger partial charge in [0.15, 0.2) is 0 Å². The molecule has 0 radical (unpaired) electrons. The fourth-order valence-electron chi connectivity index (χ4n) is 3.03. The van der Waals surface area contributed by atoms with E-state index in [1.54, 1.807) is 0 Å². The summed E-state index contributed by atoms with van der Waals surface area (Å²) in [5, 5.41) is 0. The smallest absolute Gasteiger partial charge is 0.0278 e. The third-order valence-electron chi connectivity index (χ3n) is 4.30. The normalized spacial score (nSPS) is 19.2. The molecule has 0 spiro atoms. The minimum absolute atomic E-state index is 0.747. The van der Waals surface area contributed by atoms with Gasteiger partial charge < -0.3 is 0 Å². The fraction of sp³-hybridized carbons (Fsp3) is 0.889. The Hall–Kier alpha value is -0.300. The highest BCUT2D eigenvalue weighted by Gasteiger charge is 2.16. The molecule has 1 rings (SSSR count). The summed E-state index contributed by atoms with van der Waals surface area (Å²) in [6.07, 6.45) is 20.1. The maximum absolute atomic E-state index is 2.76. The van der Waals surface area contributed by atoms with Gasteiger partial charge in [-0.05, 0) is 45.2 Å². The summed E-state index contributed by atoms with van der Waals surface area (Å²) in [5.74, 6) is 0. The molecule has 1 aliphatic carbocycles. The molecule has 0 fully saturated rings. The summed E-state index contributed by atoms with van der Waals surface area (Å²) in [4.78, 5) is 2.76. The Morgan fingerprint density at radius 2 is 1.53 bits per heavy atom. The predicted molar refractivity (Wildman–Crippen MR) is 86.6 cm³/mol. The second-order valence-electron chi connectivity index (χ2n) is 6.08. The Labute approximate surface area is 121 Å². The lowest BCUT2D eigenvalue weighted by molar-refractivity contribution is 0.204. The zero-order valence-corrected chi connectivity index (χ0v) is 13.4. The van der Waals surface area contributed by atoms with Crippen molar-refractivity contribution in [1.82, 2.24) is 4.90 Å². The minimum Gasteiger partial charge on any atom is -0.297 e. The van der Waals surface area contributed by atoms with Crippen LogP contribution in [-0.4, -0.2) is 24.0 Å². The van der Waals surface area contributed by atoms with Gasteiger partial charge in [0.25, 0.3) is 0 Å². The molecule has 0 aromatic rings. The van der Waals surface area contributed by atoms with Crippen LogP contribution in [0.3, 0.4) is 0 Å². The lowest BCUT2D eigenvalue weighted by Crippen LogP contribution is -2.36. The van der Waals surface area contributed by atoms with E-state index in [-0.39, 0.29) is 0 Å². The van der Waals surface area contributed by atoms with Crippen molar-refractivity contribution in [3.05, 3.63) is 12.2 Å². The van der Waals surface area contributed by atoms with E-state index >= 15 is 0 Å². The van der Waals surface area contributed by atoms with Crippen LogP contribution in [0.25, 0.3) is 0 Å². The zero-order valence-electron chi connectivity index (χ0n) is 13.4. The molecule has 1 atom stereocenters. The highest BCUT2D eigenvalue weighted by molar-refractivity contribution is 4.98. The Bertz CT molecular complexity index is 210. The van der Waals surface area contributed by atoms with Crippen LogP contribution in [0.4, 0.5) is 0 Å². The topological polar surface area (TPSA) is 3.24 Å². The first-order valence-electron chi connectivity index (χ1n) is 8.79. The molecule has 0 aliphatic heterocycles. The van der Waals surface area contributed by atoms with E-state index in [4.69, 9.17) is 0 Å². The Balaban J connectivity index is 2.28. The molecule has 0 amide bonds. The van der Waals surface area contributed by atoms with E-state index in [2.05, 4.69) is 30.9 Å². The average Bonchev–Trinajstić information content (AvgIpc) is 2.46. The van der Waals surface area contributed by atoms with Gasteiger partial charge in [-0.1, -0.05) is 64.5 Å². The van der Waals surface area contributed by atoms with Crippen molar-refractivity contribution >= 4 is 0 Å². The summed E-state index contributed by atoms with van der Waals surface area (Å²) >= 11 is 0. The van der Waals surface area contributed by atoms with Gasteiger partial charge in [0, 0.05) is 6.04 Å². The van der Waals surface area contributed by atoms with E-state index in [1.165, 1.54) is 83.7 Å². The molecule has 1 aliphatic rings. The van der Waals surface area contributed by atoms with E-state index in [1.807, 2.05) is 0 Å². The third-order valence-corrected chi connectivity index (χ3v) is 4.30. The van der Waals surface area contributed by atoms with Gasteiger partial charge in [-0.2, -0.15) is 0 Å². The van der Waals surface area contributed by atoms with Gasteiger partial charge in [0.2, 0.25) is 0 Å². The molecule has 19 heavy (non-hydrogen) atoms. The first kappa shape index (κ1) is 16.8. The third kappa shape index (κ3) is 7.77. The van der Waals surface area contributed by atoms with Gasteiger partial charge in [-0.25, -0.2) is 0 Å². The lowest BCUT2D eigenvalue weighted by Gasteiger charge is -2.31. The molecule has 112 valence electrons. The van der Waals surface area contributed by atoms with Crippen LogP contribution in [-0.2, 0) is 0 Å². The molecular weight excluding hydrogens is 230 g/mol. The molecule has 0 saturated carbocycles. The van der Waals surface area contributed by atoms with E-state index in [0.717, 1.165) is 6.04 Å². The second kappa shape index (κ2) is 11.5. The molecule has 0 unspecified atom stereocenters. The van der Waals surface area contributed by atoms with Crippen LogP contribution >= 0.6 is 0 Å². The van der Waals surface area contributed by atoms with Crippen molar-refractivity contribution < 1.29 is 0 Å². The summed E-state index contributed by atoms with van der Waals surface area (Å²) in [7, 11) is 0.